The Morgan fingerprint density at radius 1 is 0.698 bits per heavy atom. The fourth-order valence-corrected chi connectivity index (χ4v) is 7.46. The van der Waals surface area contributed by atoms with Crippen molar-refractivity contribution in [2.24, 2.45) is 17.4 Å². The fraction of sp³-hybridized carbons (Fsp3) is 0.333. The molecule has 1 aromatic heterocycles. The first-order valence-electron chi connectivity index (χ1n) is 18.4. The van der Waals surface area contributed by atoms with Crippen LogP contribution in [-0.2, 0) is 38.4 Å². The van der Waals surface area contributed by atoms with Crippen molar-refractivity contribution in [1.29, 1.82) is 0 Å². The molecule has 10 nitrogen and oxygen atoms in total. The van der Waals surface area contributed by atoms with E-state index < -0.39 is 47.8 Å². The number of nitrogens with one attached hydrogen (secondary N) is 4. The van der Waals surface area contributed by atoms with Gasteiger partial charge in [0.05, 0.1) is 6.04 Å². The topological polar surface area (TPSA) is 172 Å². The van der Waals surface area contributed by atoms with Crippen LogP contribution in [0.3, 0.4) is 0 Å². The minimum atomic E-state index is -1.12. The predicted molar refractivity (Wildman–Crippen MR) is 209 cm³/mol. The van der Waals surface area contributed by atoms with E-state index in [1.807, 2.05) is 66.7 Å². The molecule has 8 N–H and O–H groups in total. The van der Waals surface area contributed by atoms with Crippen molar-refractivity contribution in [3.63, 3.8) is 0 Å². The SMILES string of the molecule is NC(=O)[C@H](Cc1ccc(Cl)cc1)NC(=O)[C@H](Cc1c[nH]c2ccccc12)NC(=O)[C@@H](Cc1ccc2ccccc2c1)NC(=O)[C@@H](N)CC1CCCCC1. The molecular formula is C42H47ClN6O4. The zero-order valence-corrected chi connectivity index (χ0v) is 30.4. The van der Waals surface area contributed by atoms with E-state index >= 15 is 0 Å². The van der Waals surface area contributed by atoms with Crippen LogP contribution in [0, 0.1) is 5.92 Å². The van der Waals surface area contributed by atoms with Crippen molar-refractivity contribution >= 4 is 56.9 Å². The molecule has 6 rings (SSSR count). The molecule has 1 saturated carbocycles. The Balaban J connectivity index is 1.26. The maximum atomic E-state index is 14.4. The summed E-state index contributed by atoms with van der Waals surface area (Å²) in [5, 5.41) is 12.1. The van der Waals surface area contributed by atoms with E-state index in [4.69, 9.17) is 23.1 Å². The van der Waals surface area contributed by atoms with Crippen LogP contribution in [0.15, 0.2) is 97.2 Å². The fourth-order valence-electron chi connectivity index (χ4n) is 7.33. The summed E-state index contributed by atoms with van der Waals surface area (Å²) in [6.45, 7) is 0. The number of nitrogens with two attached hydrogens (primary N) is 2. The average Bonchev–Trinajstić information content (AvgIpc) is 3.57. The summed E-state index contributed by atoms with van der Waals surface area (Å²) in [4.78, 5) is 57.9. The Morgan fingerprint density at radius 3 is 2.04 bits per heavy atom. The molecule has 0 bridgehead atoms. The number of hydrogen-bond acceptors (Lipinski definition) is 5. The number of carbonyl (C=O) groups excluding carboxylic acids is 4. The predicted octanol–water partition coefficient (Wildman–Crippen LogP) is 5.24. The van der Waals surface area contributed by atoms with Gasteiger partial charge in [0.2, 0.25) is 23.6 Å². The maximum absolute atomic E-state index is 14.4. The Hall–Kier alpha value is -5.19. The quantitative estimate of drug-likeness (QED) is 0.0863. The Morgan fingerprint density at radius 2 is 1.30 bits per heavy atom. The number of primary amides is 1. The first-order chi connectivity index (χ1) is 25.6. The van der Waals surface area contributed by atoms with Crippen molar-refractivity contribution in [2.45, 2.75) is 82.0 Å². The smallest absolute Gasteiger partial charge is 0.243 e. The Kier molecular flexibility index (Phi) is 12.4. The summed E-state index contributed by atoms with van der Waals surface area (Å²) in [5.41, 5.74) is 15.5. The molecule has 5 aromatic rings. The van der Waals surface area contributed by atoms with Gasteiger partial charge in [0.25, 0.3) is 0 Å². The summed E-state index contributed by atoms with van der Waals surface area (Å²) in [6, 6.07) is 24.4. The normalized spacial score (nSPS) is 15.7. The molecule has 0 unspecified atom stereocenters. The van der Waals surface area contributed by atoms with E-state index in [-0.39, 0.29) is 19.3 Å². The van der Waals surface area contributed by atoms with E-state index in [2.05, 4.69) is 20.9 Å². The third kappa shape index (κ3) is 10.0. The summed E-state index contributed by atoms with van der Waals surface area (Å²) < 4.78 is 0. The van der Waals surface area contributed by atoms with Crippen molar-refractivity contribution in [2.75, 3.05) is 0 Å². The second kappa shape index (κ2) is 17.6. The van der Waals surface area contributed by atoms with Gasteiger partial charge in [-0.2, -0.15) is 0 Å². The lowest BCUT2D eigenvalue weighted by Gasteiger charge is -2.27. The molecule has 4 amide bonds. The molecule has 0 aliphatic heterocycles. The van der Waals surface area contributed by atoms with E-state index in [9.17, 15) is 19.2 Å². The number of benzene rings is 4. The highest BCUT2D eigenvalue weighted by Gasteiger charge is 2.32. The van der Waals surface area contributed by atoms with Gasteiger partial charge in [-0.25, -0.2) is 0 Å². The monoisotopic (exact) mass is 734 g/mol. The number of amides is 4. The molecule has 1 heterocycles. The summed E-state index contributed by atoms with van der Waals surface area (Å²) in [5.74, 6) is -1.91. The number of aromatic nitrogens is 1. The molecule has 0 saturated heterocycles. The third-order valence-electron chi connectivity index (χ3n) is 10.3. The molecule has 1 fully saturated rings. The van der Waals surface area contributed by atoms with Crippen LogP contribution in [0.1, 0.15) is 55.2 Å². The number of halogens is 1. The van der Waals surface area contributed by atoms with Gasteiger partial charge in [-0.05, 0) is 58.0 Å². The molecule has 276 valence electrons. The first-order valence-corrected chi connectivity index (χ1v) is 18.7. The van der Waals surface area contributed by atoms with Gasteiger partial charge in [-0.15, -0.1) is 0 Å². The van der Waals surface area contributed by atoms with Crippen molar-refractivity contribution in [3.8, 4) is 0 Å². The van der Waals surface area contributed by atoms with Gasteiger partial charge in [0, 0.05) is 41.4 Å². The Bertz CT molecular complexity index is 2060. The van der Waals surface area contributed by atoms with Gasteiger partial charge < -0.3 is 32.4 Å². The number of carbonyl (C=O) groups is 4. The molecular weight excluding hydrogens is 688 g/mol. The van der Waals surface area contributed by atoms with Crippen molar-refractivity contribution < 1.29 is 19.2 Å². The van der Waals surface area contributed by atoms with Gasteiger partial charge in [-0.3, -0.25) is 19.2 Å². The van der Waals surface area contributed by atoms with E-state index in [1.54, 1.807) is 30.5 Å². The van der Waals surface area contributed by atoms with E-state index in [1.165, 1.54) is 6.42 Å². The van der Waals surface area contributed by atoms with Gasteiger partial charge in [0.1, 0.15) is 18.1 Å². The molecule has 0 radical (unpaired) electrons. The second-order valence-electron chi connectivity index (χ2n) is 14.2. The lowest BCUT2D eigenvalue weighted by atomic mass is 9.85. The summed E-state index contributed by atoms with van der Waals surface area (Å²) in [7, 11) is 0. The molecule has 1 aliphatic carbocycles. The zero-order valence-electron chi connectivity index (χ0n) is 29.7. The van der Waals surface area contributed by atoms with Gasteiger partial charge in [-0.1, -0.05) is 117 Å². The van der Waals surface area contributed by atoms with Crippen molar-refractivity contribution in [1.82, 2.24) is 20.9 Å². The summed E-state index contributed by atoms with van der Waals surface area (Å²) in [6.07, 6.45) is 8.27. The highest BCUT2D eigenvalue weighted by molar-refractivity contribution is 6.30. The Labute approximate surface area is 314 Å². The van der Waals surface area contributed by atoms with E-state index in [0.717, 1.165) is 64.0 Å². The number of hydrogen-bond donors (Lipinski definition) is 6. The molecule has 4 aromatic carbocycles. The summed E-state index contributed by atoms with van der Waals surface area (Å²) >= 11 is 6.05. The van der Waals surface area contributed by atoms with E-state index in [0.29, 0.717) is 17.4 Å². The van der Waals surface area contributed by atoms with Gasteiger partial charge in [0.15, 0.2) is 0 Å². The second-order valence-corrected chi connectivity index (χ2v) is 14.6. The average molecular weight is 735 g/mol. The van der Waals surface area contributed by atoms with Crippen LogP contribution in [-0.4, -0.2) is 52.8 Å². The van der Waals surface area contributed by atoms with Gasteiger partial charge >= 0.3 is 0 Å². The molecule has 53 heavy (non-hydrogen) atoms. The van der Waals surface area contributed by atoms with Crippen molar-refractivity contribution in [3.05, 3.63) is 119 Å². The number of fused-ring (bicyclic) bond motifs is 2. The largest absolute Gasteiger partial charge is 0.368 e. The van der Waals surface area contributed by atoms with Crippen LogP contribution in [0.4, 0.5) is 0 Å². The highest BCUT2D eigenvalue weighted by Crippen LogP contribution is 2.27. The lowest BCUT2D eigenvalue weighted by Crippen LogP contribution is -2.58. The van der Waals surface area contributed by atoms with Crippen LogP contribution in [0.5, 0.6) is 0 Å². The molecule has 0 spiro atoms. The number of aromatic amines is 1. The molecule has 11 heteroatoms. The number of rotatable bonds is 15. The van der Waals surface area contributed by atoms with Crippen LogP contribution < -0.4 is 27.4 Å². The minimum Gasteiger partial charge on any atom is -0.368 e. The molecule has 1 aliphatic rings. The minimum absolute atomic E-state index is 0.103. The standard InChI is InChI=1S/C42H47ClN6O4/c43-32-18-15-27(16-19-32)22-36(39(45)50)47-42(53)38(24-31-25-46-35-13-7-6-12-33(31)35)49-41(52)37(23-28-14-17-29-10-4-5-11-30(29)20-28)48-40(51)34(44)21-26-8-2-1-3-9-26/h4-7,10-20,25-26,34,36-38,46H,1-3,8-9,21-24,44H2,(H2,45,50)(H,47,53)(H,48,51)(H,49,52)/t34-,36-,37+,38-/m0/s1. The van der Waals surface area contributed by atoms with Crippen LogP contribution >= 0.6 is 11.6 Å². The molecule has 4 atom stereocenters. The zero-order chi connectivity index (χ0) is 37.3. The first kappa shape index (κ1) is 37.6. The van der Waals surface area contributed by atoms with Crippen LogP contribution in [0.2, 0.25) is 5.02 Å². The van der Waals surface area contributed by atoms with Crippen LogP contribution in [0.25, 0.3) is 21.7 Å². The number of H-pyrrole nitrogens is 1. The highest BCUT2D eigenvalue weighted by atomic mass is 35.5. The third-order valence-corrected chi connectivity index (χ3v) is 10.5. The number of para-hydroxylation sites is 1. The maximum Gasteiger partial charge on any atom is 0.243 e. The lowest BCUT2D eigenvalue weighted by molar-refractivity contribution is -0.133.